The third kappa shape index (κ3) is 2.60. The molecule has 3 aromatic rings. The monoisotopic (exact) mass is 293 g/mol. The van der Waals surface area contributed by atoms with E-state index in [2.05, 4.69) is 27.4 Å². The van der Waals surface area contributed by atoms with Crippen LogP contribution in [0.5, 0.6) is 0 Å². The van der Waals surface area contributed by atoms with Gasteiger partial charge in [0.05, 0.1) is 12.2 Å². The van der Waals surface area contributed by atoms with Crippen molar-refractivity contribution < 1.29 is 0 Å². The van der Waals surface area contributed by atoms with Gasteiger partial charge in [-0.2, -0.15) is 0 Å². The molecule has 1 atom stereocenters. The number of rotatable bonds is 4. The zero-order chi connectivity index (χ0) is 13.2. The fraction of sp³-hybridized carbons (Fsp3) is 0.250. The van der Waals surface area contributed by atoms with Gasteiger partial charge >= 0.3 is 0 Å². The minimum atomic E-state index is 0.0834. The average molecular weight is 294 g/mol. The summed E-state index contributed by atoms with van der Waals surface area (Å²) in [7, 11) is 0. The quantitative estimate of drug-likeness (QED) is 0.803. The molecule has 0 saturated heterocycles. The smallest absolute Gasteiger partial charge is 0.160 e. The first-order chi connectivity index (χ1) is 9.24. The molecule has 1 N–H and O–H groups in total. The molecule has 0 amide bonds. The summed E-state index contributed by atoms with van der Waals surface area (Å²) in [5.41, 5.74) is 0.850. The fourth-order valence-electron chi connectivity index (χ4n) is 1.86. The second-order valence-electron chi connectivity index (χ2n) is 4.15. The first-order valence-electron chi connectivity index (χ1n) is 5.87. The lowest BCUT2D eigenvalue weighted by molar-refractivity contribution is 0.540. The molecular formula is C12H12ClN5S. The van der Waals surface area contributed by atoms with E-state index in [1.165, 1.54) is 11.3 Å². The second kappa shape index (κ2) is 5.24. The highest BCUT2D eigenvalue weighted by atomic mass is 35.5. The molecule has 7 heteroatoms. The Labute approximate surface area is 119 Å². The molecule has 3 heterocycles. The highest BCUT2D eigenvalue weighted by molar-refractivity contribution is 7.15. The SMILES string of the molecule is CC(NCc1ncc(Cl)s1)c1nnc2ccccn12. The number of fused-ring (bicyclic) bond motifs is 1. The van der Waals surface area contributed by atoms with Crippen LogP contribution in [-0.4, -0.2) is 19.6 Å². The molecule has 0 radical (unpaired) electrons. The van der Waals surface area contributed by atoms with Crippen LogP contribution < -0.4 is 5.32 Å². The van der Waals surface area contributed by atoms with Gasteiger partial charge in [0.15, 0.2) is 11.5 Å². The van der Waals surface area contributed by atoms with Gasteiger partial charge in [-0.3, -0.25) is 4.40 Å². The van der Waals surface area contributed by atoms with Gasteiger partial charge in [0.25, 0.3) is 0 Å². The molecule has 0 aliphatic heterocycles. The maximum Gasteiger partial charge on any atom is 0.160 e. The van der Waals surface area contributed by atoms with Gasteiger partial charge in [0.1, 0.15) is 9.34 Å². The van der Waals surface area contributed by atoms with Gasteiger partial charge in [-0.25, -0.2) is 4.98 Å². The topological polar surface area (TPSA) is 55.1 Å². The average Bonchev–Trinajstić information content (AvgIpc) is 3.02. The molecule has 98 valence electrons. The lowest BCUT2D eigenvalue weighted by atomic mass is 10.3. The molecule has 0 fully saturated rings. The van der Waals surface area contributed by atoms with Gasteiger partial charge in [0, 0.05) is 12.7 Å². The number of thiazole rings is 1. The molecule has 1 unspecified atom stereocenters. The van der Waals surface area contributed by atoms with Crippen molar-refractivity contribution in [2.75, 3.05) is 0 Å². The molecule has 0 aromatic carbocycles. The Morgan fingerprint density at radius 2 is 2.32 bits per heavy atom. The van der Waals surface area contributed by atoms with Crippen LogP contribution in [0.25, 0.3) is 5.65 Å². The van der Waals surface area contributed by atoms with E-state index in [9.17, 15) is 0 Å². The van der Waals surface area contributed by atoms with E-state index < -0.39 is 0 Å². The van der Waals surface area contributed by atoms with Crippen molar-refractivity contribution in [3.05, 3.63) is 45.8 Å². The van der Waals surface area contributed by atoms with E-state index in [1.54, 1.807) is 6.20 Å². The molecular weight excluding hydrogens is 282 g/mol. The molecule has 3 aromatic heterocycles. The zero-order valence-electron chi connectivity index (χ0n) is 10.2. The number of hydrogen-bond acceptors (Lipinski definition) is 5. The fourth-order valence-corrected chi connectivity index (χ4v) is 2.76. The molecule has 0 aliphatic carbocycles. The second-order valence-corrected chi connectivity index (χ2v) is 5.89. The van der Waals surface area contributed by atoms with Crippen LogP contribution in [-0.2, 0) is 6.54 Å². The van der Waals surface area contributed by atoms with Crippen LogP contribution >= 0.6 is 22.9 Å². The Morgan fingerprint density at radius 1 is 1.42 bits per heavy atom. The zero-order valence-corrected chi connectivity index (χ0v) is 11.8. The Kier molecular flexibility index (Phi) is 3.46. The van der Waals surface area contributed by atoms with Gasteiger partial charge < -0.3 is 5.32 Å². The summed E-state index contributed by atoms with van der Waals surface area (Å²) in [4.78, 5) is 4.21. The van der Waals surface area contributed by atoms with Crippen molar-refractivity contribution in [2.24, 2.45) is 0 Å². The summed E-state index contributed by atoms with van der Waals surface area (Å²) in [6.45, 7) is 2.72. The first kappa shape index (κ1) is 12.5. The molecule has 0 bridgehead atoms. The van der Waals surface area contributed by atoms with Crippen LogP contribution in [0.2, 0.25) is 4.34 Å². The van der Waals surface area contributed by atoms with Gasteiger partial charge in [0.2, 0.25) is 0 Å². The van der Waals surface area contributed by atoms with Gasteiger partial charge in [-0.1, -0.05) is 17.7 Å². The predicted molar refractivity (Wildman–Crippen MR) is 75.4 cm³/mol. The van der Waals surface area contributed by atoms with E-state index in [4.69, 9.17) is 11.6 Å². The Hall–Kier alpha value is -1.50. The summed E-state index contributed by atoms with van der Waals surface area (Å²) < 4.78 is 2.68. The minimum Gasteiger partial charge on any atom is -0.301 e. The van der Waals surface area contributed by atoms with E-state index >= 15 is 0 Å². The van der Waals surface area contributed by atoms with Crippen molar-refractivity contribution in [3.63, 3.8) is 0 Å². The third-order valence-electron chi connectivity index (χ3n) is 2.81. The lowest BCUT2D eigenvalue weighted by Crippen LogP contribution is -2.20. The summed E-state index contributed by atoms with van der Waals surface area (Å²) in [6.07, 6.45) is 3.63. The summed E-state index contributed by atoms with van der Waals surface area (Å²) >= 11 is 7.33. The van der Waals surface area contributed by atoms with Crippen molar-refractivity contribution in [1.29, 1.82) is 0 Å². The maximum absolute atomic E-state index is 5.86. The number of nitrogens with zero attached hydrogens (tertiary/aromatic N) is 4. The molecule has 0 saturated carbocycles. The normalized spacial score (nSPS) is 12.9. The van der Waals surface area contributed by atoms with Crippen LogP contribution in [0.3, 0.4) is 0 Å². The number of aromatic nitrogens is 4. The maximum atomic E-state index is 5.86. The number of halogens is 1. The van der Waals surface area contributed by atoms with Crippen molar-refractivity contribution in [2.45, 2.75) is 19.5 Å². The lowest BCUT2D eigenvalue weighted by Gasteiger charge is -2.10. The highest BCUT2D eigenvalue weighted by Gasteiger charge is 2.13. The molecule has 5 nitrogen and oxygen atoms in total. The Morgan fingerprint density at radius 3 is 3.11 bits per heavy atom. The number of hydrogen-bond donors (Lipinski definition) is 1. The number of nitrogens with one attached hydrogen (secondary N) is 1. The van der Waals surface area contributed by atoms with E-state index in [-0.39, 0.29) is 6.04 Å². The molecule has 3 rings (SSSR count). The van der Waals surface area contributed by atoms with E-state index in [1.807, 2.05) is 28.8 Å². The third-order valence-corrected chi connectivity index (χ3v) is 3.93. The van der Waals surface area contributed by atoms with Crippen molar-refractivity contribution in [3.8, 4) is 0 Å². The molecule has 0 spiro atoms. The largest absolute Gasteiger partial charge is 0.301 e. The van der Waals surface area contributed by atoms with Crippen molar-refractivity contribution in [1.82, 2.24) is 24.9 Å². The van der Waals surface area contributed by atoms with E-state index in [0.717, 1.165) is 16.5 Å². The summed E-state index contributed by atoms with van der Waals surface area (Å²) in [5.74, 6) is 0.887. The Balaban J connectivity index is 1.75. The molecule has 0 aliphatic rings. The van der Waals surface area contributed by atoms with Gasteiger partial charge in [-0.05, 0) is 19.1 Å². The van der Waals surface area contributed by atoms with Gasteiger partial charge in [-0.15, -0.1) is 21.5 Å². The standard InChI is InChI=1S/C12H12ClN5S/c1-8(14-7-11-15-6-9(13)19-11)12-17-16-10-4-2-3-5-18(10)12/h2-6,8,14H,7H2,1H3. The minimum absolute atomic E-state index is 0.0834. The summed E-state index contributed by atoms with van der Waals surface area (Å²) in [5, 5.41) is 12.7. The first-order valence-corrected chi connectivity index (χ1v) is 7.07. The van der Waals surface area contributed by atoms with Crippen molar-refractivity contribution >= 4 is 28.6 Å². The van der Waals surface area contributed by atoms with E-state index in [0.29, 0.717) is 10.9 Å². The Bertz CT molecular complexity index is 692. The summed E-state index contributed by atoms with van der Waals surface area (Å²) in [6, 6.07) is 5.93. The highest BCUT2D eigenvalue weighted by Crippen LogP contribution is 2.19. The van der Waals surface area contributed by atoms with Crippen LogP contribution in [0.4, 0.5) is 0 Å². The predicted octanol–water partition coefficient (Wildman–Crippen LogP) is 2.69. The van der Waals surface area contributed by atoms with Crippen LogP contribution in [0.15, 0.2) is 30.6 Å². The van der Waals surface area contributed by atoms with Crippen LogP contribution in [0, 0.1) is 0 Å². The van der Waals surface area contributed by atoms with Crippen LogP contribution in [0.1, 0.15) is 23.8 Å². The number of pyridine rings is 1. The molecule has 19 heavy (non-hydrogen) atoms.